The second-order valence-electron chi connectivity index (χ2n) is 4.15. The summed E-state index contributed by atoms with van der Waals surface area (Å²) < 4.78 is 32.4. The smallest absolute Gasteiger partial charge is 0.374 e. The topological polar surface area (TPSA) is 73.6 Å². The first-order chi connectivity index (χ1) is 7.90. The van der Waals surface area contributed by atoms with Crippen LogP contribution in [0.1, 0.15) is 36.1 Å². The van der Waals surface area contributed by atoms with Gasteiger partial charge in [-0.05, 0) is 31.9 Å². The van der Waals surface area contributed by atoms with Gasteiger partial charge in [-0.2, -0.15) is 0 Å². The van der Waals surface area contributed by atoms with Gasteiger partial charge in [0.15, 0.2) is 9.84 Å². The summed E-state index contributed by atoms with van der Waals surface area (Å²) in [5.41, 5.74) is 0. The molecular formula is C11H14O5S. The van der Waals surface area contributed by atoms with Gasteiger partial charge in [-0.25, -0.2) is 13.2 Å². The molecule has 1 heterocycles. The average molecular weight is 258 g/mol. The highest BCUT2D eigenvalue weighted by molar-refractivity contribution is 7.91. The van der Waals surface area contributed by atoms with Gasteiger partial charge in [-0.15, -0.1) is 0 Å². The van der Waals surface area contributed by atoms with Crippen LogP contribution in [0.4, 0.5) is 0 Å². The van der Waals surface area contributed by atoms with E-state index in [1.807, 2.05) is 0 Å². The van der Waals surface area contributed by atoms with Crippen LogP contribution in [0.5, 0.6) is 0 Å². The first kappa shape index (κ1) is 12.2. The second-order valence-corrected chi connectivity index (χ2v) is 6.48. The maximum Gasteiger partial charge on any atom is 0.374 e. The van der Waals surface area contributed by atoms with Gasteiger partial charge in [-0.1, -0.05) is 0 Å². The lowest BCUT2D eigenvalue weighted by Crippen LogP contribution is -2.18. The lowest BCUT2D eigenvalue weighted by molar-refractivity contribution is 0.0487. The number of sulfone groups is 1. The fourth-order valence-corrected chi connectivity index (χ4v) is 3.13. The number of carbonyl (C=O) groups excluding carboxylic acids is 1. The zero-order valence-electron chi connectivity index (χ0n) is 9.73. The summed E-state index contributed by atoms with van der Waals surface area (Å²) in [5.74, 6) is -0.178. The maximum atomic E-state index is 11.6. The van der Waals surface area contributed by atoms with Gasteiger partial charge in [0.25, 0.3) is 0 Å². The number of ether oxygens (including phenoxy) is 1. The molecule has 17 heavy (non-hydrogen) atoms. The van der Waals surface area contributed by atoms with Crippen molar-refractivity contribution in [1.82, 2.24) is 0 Å². The van der Waals surface area contributed by atoms with Crippen LogP contribution in [-0.2, 0) is 19.3 Å². The van der Waals surface area contributed by atoms with Crippen LogP contribution in [0.15, 0.2) is 16.5 Å². The van der Waals surface area contributed by atoms with Crippen LogP contribution in [-0.4, -0.2) is 27.2 Å². The van der Waals surface area contributed by atoms with Gasteiger partial charge < -0.3 is 9.15 Å². The molecule has 1 aromatic rings. The van der Waals surface area contributed by atoms with E-state index in [2.05, 4.69) is 0 Å². The van der Waals surface area contributed by atoms with Crippen LogP contribution < -0.4 is 0 Å². The maximum absolute atomic E-state index is 11.6. The van der Waals surface area contributed by atoms with Crippen LogP contribution in [0.2, 0.25) is 0 Å². The molecule has 1 aromatic heterocycles. The van der Waals surface area contributed by atoms with E-state index in [1.165, 1.54) is 12.3 Å². The van der Waals surface area contributed by atoms with Crippen molar-refractivity contribution in [2.75, 3.05) is 12.9 Å². The highest BCUT2D eigenvalue weighted by Gasteiger charge is 2.56. The minimum atomic E-state index is -3.21. The Bertz CT molecular complexity index is 536. The lowest BCUT2D eigenvalue weighted by atomic mass is 10.3. The summed E-state index contributed by atoms with van der Waals surface area (Å²) in [5, 5.41) is 0. The van der Waals surface area contributed by atoms with E-state index in [0.717, 1.165) is 0 Å². The molecule has 0 atom stereocenters. The third-order valence-corrected chi connectivity index (χ3v) is 4.97. The minimum absolute atomic E-state index is 0.0526. The van der Waals surface area contributed by atoms with Crippen LogP contribution in [0, 0.1) is 0 Å². The Morgan fingerprint density at radius 1 is 1.47 bits per heavy atom. The van der Waals surface area contributed by atoms with Crippen molar-refractivity contribution in [3.63, 3.8) is 0 Å². The first-order valence-electron chi connectivity index (χ1n) is 5.38. The van der Waals surface area contributed by atoms with E-state index in [4.69, 9.17) is 9.15 Å². The normalized spacial score (nSPS) is 17.8. The van der Waals surface area contributed by atoms with E-state index in [-0.39, 0.29) is 12.4 Å². The largest absolute Gasteiger partial charge is 0.460 e. The summed E-state index contributed by atoms with van der Waals surface area (Å²) >= 11 is 0. The monoisotopic (exact) mass is 258 g/mol. The Labute approximate surface area is 99.7 Å². The molecule has 0 bridgehead atoms. The van der Waals surface area contributed by atoms with E-state index in [0.29, 0.717) is 18.6 Å². The Hall–Kier alpha value is -1.30. The molecule has 1 saturated carbocycles. The predicted octanol–water partition coefficient (Wildman–Crippen LogP) is 1.49. The van der Waals surface area contributed by atoms with Crippen LogP contribution >= 0.6 is 0 Å². The van der Waals surface area contributed by atoms with Crippen molar-refractivity contribution in [1.29, 1.82) is 0 Å². The van der Waals surface area contributed by atoms with Crippen molar-refractivity contribution in [3.8, 4) is 0 Å². The Morgan fingerprint density at radius 2 is 2.12 bits per heavy atom. The number of furan rings is 1. The molecule has 0 spiro atoms. The van der Waals surface area contributed by atoms with E-state index in [1.54, 1.807) is 13.0 Å². The third-order valence-electron chi connectivity index (χ3n) is 2.95. The summed E-state index contributed by atoms with van der Waals surface area (Å²) in [6, 6.07) is 3.00. The van der Waals surface area contributed by atoms with Crippen molar-refractivity contribution in [2.24, 2.45) is 0 Å². The first-order valence-corrected chi connectivity index (χ1v) is 7.27. The molecule has 0 saturated heterocycles. The molecular weight excluding hydrogens is 244 g/mol. The average Bonchev–Trinajstić information content (AvgIpc) is 2.91. The highest BCUT2D eigenvalue weighted by Crippen LogP contribution is 2.52. The van der Waals surface area contributed by atoms with Crippen molar-refractivity contribution < 1.29 is 22.4 Å². The van der Waals surface area contributed by atoms with Crippen LogP contribution in [0.3, 0.4) is 0 Å². The van der Waals surface area contributed by atoms with Gasteiger partial charge in [0.1, 0.15) is 10.5 Å². The van der Waals surface area contributed by atoms with E-state index < -0.39 is 20.6 Å². The summed E-state index contributed by atoms with van der Waals surface area (Å²) in [4.78, 5) is 11.4. The zero-order valence-corrected chi connectivity index (χ0v) is 10.5. The molecule has 1 aliphatic rings. The molecule has 1 fully saturated rings. The van der Waals surface area contributed by atoms with E-state index >= 15 is 0 Å². The van der Waals surface area contributed by atoms with Gasteiger partial charge in [-0.3, -0.25) is 0 Å². The highest BCUT2D eigenvalue weighted by atomic mass is 32.2. The van der Waals surface area contributed by atoms with Gasteiger partial charge in [0, 0.05) is 6.26 Å². The molecule has 0 aliphatic heterocycles. The molecule has 0 amide bonds. The minimum Gasteiger partial charge on any atom is -0.460 e. The third kappa shape index (κ3) is 1.97. The number of carbonyl (C=O) groups is 1. The lowest BCUT2D eigenvalue weighted by Gasteiger charge is -2.08. The quantitative estimate of drug-likeness (QED) is 0.765. The number of hydrogen-bond acceptors (Lipinski definition) is 5. The van der Waals surface area contributed by atoms with Gasteiger partial charge in [0.05, 0.1) is 6.61 Å². The fraction of sp³-hybridized carbons (Fsp3) is 0.545. The molecule has 94 valence electrons. The standard InChI is InChI=1S/C11H14O5S/c1-3-15-10(12)8-4-5-9(16-8)11(6-7-11)17(2,13)14/h4-5H,3,6-7H2,1-2H3. The molecule has 0 unspecified atom stereocenters. The van der Waals surface area contributed by atoms with Crippen LogP contribution in [0.25, 0.3) is 0 Å². The molecule has 1 aliphatic carbocycles. The zero-order chi connectivity index (χ0) is 12.7. The SMILES string of the molecule is CCOC(=O)c1ccc(C2(S(C)(=O)=O)CC2)o1. The molecule has 5 nitrogen and oxygen atoms in total. The predicted molar refractivity (Wildman–Crippen MR) is 60.4 cm³/mol. The van der Waals surface area contributed by atoms with Crippen molar-refractivity contribution >= 4 is 15.8 Å². The molecule has 0 N–H and O–H groups in total. The van der Waals surface area contributed by atoms with Crippen molar-refractivity contribution in [3.05, 3.63) is 23.7 Å². The molecule has 6 heteroatoms. The van der Waals surface area contributed by atoms with Gasteiger partial charge in [0.2, 0.25) is 5.76 Å². The van der Waals surface area contributed by atoms with E-state index in [9.17, 15) is 13.2 Å². The van der Waals surface area contributed by atoms with Gasteiger partial charge >= 0.3 is 5.97 Å². The number of esters is 1. The Balaban J connectivity index is 2.29. The number of hydrogen-bond donors (Lipinski definition) is 0. The Morgan fingerprint density at radius 3 is 2.59 bits per heavy atom. The second kappa shape index (κ2) is 3.87. The summed E-state index contributed by atoms with van der Waals surface area (Å²) in [6.45, 7) is 1.95. The number of rotatable bonds is 4. The fourth-order valence-electron chi connectivity index (χ4n) is 1.81. The summed E-state index contributed by atoms with van der Waals surface area (Å²) in [6.07, 6.45) is 2.27. The molecule has 0 aromatic carbocycles. The summed E-state index contributed by atoms with van der Waals surface area (Å²) in [7, 11) is -3.21. The molecule has 2 rings (SSSR count). The Kier molecular flexibility index (Phi) is 2.77. The molecule has 0 radical (unpaired) electrons. The van der Waals surface area contributed by atoms with Crippen molar-refractivity contribution in [2.45, 2.75) is 24.5 Å².